The molecule has 1 unspecified atom stereocenters. The molecule has 1 N–H and O–H groups in total. The third kappa shape index (κ3) is 2.40. The van der Waals surface area contributed by atoms with Gasteiger partial charge in [0.1, 0.15) is 0 Å². The molecular weight excluding hydrogens is 208 g/mol. The van der Waals surface area contributed by atoms with Crippen molar-refractivity contribution in [3.63, 3.8) is 0 Å². The Morgan fingerprint density at radius 1 is 1.41 bits per heavy atom. The first-order chi connectivity index (χ1) is 8.07. The van der Waals surface area contributed by atoms with Gasteiger partial charge in [-0.2, -0.15) is 0 Å². The fourth-order valence-corrected chi connectivity index (χ4v) is 3.32. The van der Waals surface area contributed by atoms with Crippen molar-refractivity contribution >= 4 is 0 Å². The monoisotopic (exact) mass is 232 g/mol. The summed E-state index contributed by atoms with van der Waals surface area (Å²) in [5.41, 5.74) is 6.25. The Balaban J connectivity index is 2.37. The molecule has 2 aliphatic rings. The third-order valence-corrected chi connectivity index (χ3v) is 4.56. The zero-order valence-electron chi connectivity index (χ0n) is 11.3. The van der Waals surface area contributed by atoms with Crippen molar-refractivity contribution in [1.29, 1.82) is 0 Å². The van der Waals surface area contributed by atoms with E-state index >= 15 is 0 Å². The minimum Gasteiger partial charge on any atom is -0.392 e. The molecule has 0 aromatic heterocycles. The van der Waals surface area contributed by atoms with Crippen molar-refractivity contribution in [3.8, 4) is 0 Å². The van der Waals surface area contributed by atoms with Gasteiger partial charge in [0.05, 0.1) is 6.61 Å². The Kier molecular flexibility index (Phi) is 3.58. The second-order valence-electron chi connectivity index (χ2n) is 5.85. The molecule has 0 bridgehead atoms. The Morgan fingerprint density at radius 3 is 2.88 bits per heavy atom. The highest BCUT2D eigenvalue weighted by atomic mass is 16.2. The molecule has 0 aromatic rings. The maximum absolute atomic E-state index is 8.99. The van der Waals surface area contributed by atoms with E-state index in [9.17, 15) is 0 Å². The summed E-state index contributed by atoms with van der Waals surface area (Å²) < 4.78 is 0. The van der Waals surface area contributed by atoms with E-state index in [-0.39, 0.29) is 6.61 Å². The molecule has 2 aliphatic carbocycles. The SMILES string of the molecule is CC1=C2C=C(/C(C)=C\CO)CCC2(C)CCC1. The van der Waals surface area contributed by atoms with E-state index in [1.807, 2.05) is 6.08 Å². The lowest BCUT2D eigenvalue weighted by Crippen LogP contribution is -2.26. The quantitative estimate of drug-likeness (QED) is 0.758. The summed E-state index contributed by atoms with van der Waals surface area (Å²) in [5.74, 6) is 0. The largest absolute Gasteiger partial charge is 0.392 e. The molecule has 2 rings (SSSR count). The maximum Gasteiger partial charge on any atom is 0.0618 e. The van der Waals surface area contributed by atoms with E-state index in [0.717, 1.165) is 6.42 Å². The minimum absolute atomic E-state index is 0.151. The van der Waals surface area contributed by atoms with Gasteiger partial charge in [-0.05, 0) is 68.1 Å². The first-order valence-electron chi connectivity index (χ1n) is 6.75. The predicted molar refractivity (Wildman–Crippen MR) is 72.8 cm³/mol. The predicted octanol–water partition coefficient (Wildman–Crippen LogP) is 4.15. The molecule has 1 atom stereocenters. The standard InChI is InChI=1S/C16H24O/c1-12(7-10-17)14-6-9-16(3)8-4-5-13(2)15(16)11-14/h7,11,17H,4-6,8-10H2,1-3H3/b12-7-. The highest BCUT2D eigenvalue weighted by Gasteiger charge is 2.34. The lowest BCUT2D eigenvalue weighted by Gasteiger charge is -2.40. The topological polar surface area (TPSA) is 20.2 Å². The summed E-state index contributed by atoms with van der Waals surface area (Å²) in [6, 6.07) is 0. The number of hydrogen-bond acceptors (Lipinski definition) is 1. The molecule has 0 amide bonds. The van der Waals surface area contributed by atoms with Gasteiger partial charge in [-0.25, -0.2) is 0 Å². The van der Waals surface area contributed by atoms with Crippen LogP contribution in [-0.4, -0.2) is 11.7 Å². The van der Waals surface area contributed by atoms with Crippen LogP contribution >= 0.6 is 0 Å². The van der Waals surface area contributed by atoms with Gasteiger partial charge in [0.15, 0.2) is 0 Å². The maximum atomic E-state index is 8.99. The lowest BCUT2D eigenvalue weighted by atomic mass is 9.65. The van der Waals surface area contributed by atoms with Crippen LogP contribution in [0, 0.1) is 5.41 Å². The second-order valence-corrected chi connectivity index (χ2v) is 5.85. The van der Waals surface area contributed by atoms with Crippen molar-refractivity contribution in [2.24, 2.45) is 5.41 Å². The minimum atomic E-state index is 0.151. The zero-order chi connectivity index (χ0) is 12.5. The second kappa shape index (κ2) is 4.81. The molecule has 0 aromatic carbocycles. The summed E-state index contributed by atoms with van der Waals surface area (Å²) >= 11 is 0. The van der Waals surface area contributed by atoms with Crippen molar-refractivity contribution in [2.45, 2.75) is 52.9 Å². The Bertz CT molecular complexity index is 398. The highest BCUT2D eigenvalue weighted by Crippen LogP contribution is 2.49. The average molecular weight is 232 g/mol. The summed E-state index contributed by atoms with van der Waals surface area (Å²) in [6.45, 7) is 6.97. The summed E-state index contributed by atoms with van der Waals surface area (Å²) in [4.78, 5) is 0. The number of aliphatic hydroxyl groups excluding tert-OH is 1. The van der Waals surface area contributed by atoms with Gasteiger partial charge in [-0.3, -0.25) is 0 Å². The van der Waals surface area contributed by atoms with Gasteiger partial charge >= 0.3 is 0 Å². The molecule has 0 spiro atoms. The highest BCUT2D eigenvalue weighted by molar-refractivity contribution is 5.44. The number of aliphatic hydroxyl groups is 1. The molecule has 17 heavy (non-hydrogen) atoms. The smallest absolute Gasteiger partial charge is 0.0618 e. The number of fused-ring (bicyclic) bond motifs is 1. The molecule has 0 heterocycles. The van der Waals surface area contributed by atoms with Crippen LogP contribution in [0.2, 0.25) is 0 Å². The van der Waals surface area contributed by atoms with Crippen LogP contribution in [0.15, 0.2) is 34.4 Å². The van der Waals surface area contributed by atoms with Crippen LogP contribution in [0.1, 0.15) is 52.9 Å². The van der Waals surface area contributed by atoms with Crippen LogP contribution in [0.3, 0.4) is 0 Å². The van der Waals surface area contributed by atoms with Gasteiger partial charge in [0, 0.05) is 0 Å². The summed E-state index contributed by atoms with van der Waals surface area (Å²) in [5, 5.41) is 8.99. The molecule has 0 radical (unpaired) electrons. The van der Waals surface area contributed by atoms with Crippen LogP contribution in [0.5, 0.6) is 0 Å². The molecule has 0 fully saturated rings. The van der Waals surface area contributed by atoms with Crippen LogP contribution in [-0.2, 0) is 0 Å². The molecule has 94 valence electrons. The van der Waals surface area contributed by atoms with Crippen LogP contribution < -0.4 is 0 Å². The number of allylic oxidation sites excluding steroid dienone is 5. The van der Waals surface area contributed by atoms with Gasteiger partial charge in [-0.1, -0.05) is 24.6 Å². The normalized spacial score (nSPS) is 30.1. The fourth-order valence-electron chi connectivity index (χ4n) is 3.32. The first kappa shape index (κ1) is 12.6. The molecule has 0 aliphatic heterocycles. The summed E-state index contributed by atoms with van der Waals surface area (Å²) in [7, 11) is 0. The van der Waals surface area contributed by atoms with Crippen molar-refractivity contribution in [3.05, 3.63) is 34.4 Å². The first-order valence-corrected chi connectivity index (χ1v) is 6.75. The van der Waals surface area contributed by atoms with Crippen molar-refractivity contribution in [1.82, 2.24) is 0 Å². The summed E-state index contributed by atoms with van der Waals surface area (Å²) in [6.07, 6.45) is 10.7. The average Bonchev–Trinajstić information content (AvgIpc) is 2.29. The van der Waals surface area contributed by atoms with E-state index in [4.69, 9.17) is 5.11 Å². The molecule has 1 nitrogen and oxygen atoms in total. The number of hydrogen-bond donors (Lipinski definition) is 1. The Labute approximate surface area is 105 Å². The van der Waals surface area contributed by atoms with Gasteiger partial charge in [0.25, 0.3) is 0 Å². The van der Waals surface area contributed by atoms with E-state index < -0.39 is 0 Å². The zero-order valence-corrected chi connectivity index (χ0v) is 11.3. The third-order valence-electron chi connectivity index (χ3n) is 4.56. The van der Waals surface area contributed by atoms with E-state index in [0.29, 0.717) is 5.41 Å². The van der Waals surface area contributed by atoms with E-state index in [1.54, 1.807) is 11.1 Å². The van der Waals surface area contributed by atoms with Gasteiger partial charge in [-0.15, -0.1) is 0 Å². The molecule has 0 saturated heterocycles. The Hall–Kier alpha value is -0.820. The fraction of sp³-hybridized carbons (Fsp3) is 0.625. The van der Waals surface area contributed by atoms with Crippen LogP contribution in [0.4, 0.5) is 0 Å². The van der Waals surface area contributed by atoms with Crippen LogP contribution in [0.25, 0.3) is 0 Å². The molecule has 1 heteroatoms. The van der Waals surface area contributed by atoms with Crippen molar-refractivity contribution < 1.29 is 5.11 Å². The Morgan fingerprint density at radius 2 is 2.18 bits per heavy atom. The van der Waals surface area contributed by atoms with Gasteiger partial charge < -0.3 is 5.11 Å². The van der Waals surface area contributed by atoms with E-state index in [1.165, 1.54) is 36.8 Å². The van der Waals surface area contributed by atoms with Crippen molar-refractivity contribution in [2.75, 3.05) is 6.61 Å². The number of rotatable bonds is 2. The lowest BCUT2D eigenvalue weighted by molar-refractivity contribution is 0.305. The molecular formula is C16H24O. The molecule has 0 saturated carbocycles. The van der Waals surface area contributed by atoms with Gasteiger partial charge in [0.2, 0.25) is 0 Å². The van der Waals surface area contributed by atoms with E-state index in [2.05, 4.69) is 26.8 Å².